The van der Waals surface area contributed by atoms with Crippen LogP contribution in [0, 0.1) is 35.4 Å². The number of benzene rings is 1. The molecule has 1 aromatic rings. The standard InChI is InChI=1S/C29H37ClFN3O4/c1-15(2)11-13-34-25(27(36)33-21-7-5-6-16(3)17(21)4)29-12-10-22(38-29)23(24(29)28(34)37)26(35)32-18-8-9-20(31)19(30)14-18/h8-10,12,14-17,21-25H,5-7,11,13H2,1-4H3,(H,32,35)(H,33,36)/t16-,17-,21+,22+,23+,24+,25-,29-/m0/s1. The molecule has 2 bridgehead atoms. The van der Waals surface area contributed by atoms with Gasteiger partial charge in [-0.1, -0.05) is 64.3 Å². The van der Waals surface area contributed by atoms with Crippen molar-refractivity contribution in [3.8, 4) is 0 Å². The topological polar surface area (TPSA) is 87.7 Å². The minimum Gasteiger partial charge on any atom is -0.359 e. The number of amides is 3. The Hall–Kier alpha value is -2.45. The van der Waals surface area contributed by atoms with Gasteiger partial charge in [-0.3, -0.25) is 14.4 Å². The number of hydrogen-bond acceptors (Lipinski definition) is 4. The maximum Gasteiger partial charge on any atom is 0.246 e. The zero-order chi connectivity index (χ0) is 27.4. The molecule has 1 aromatic carbocycles. The molecule has 1 aliphatic carbocycles. The van der Waals surface area contributed by atoms with E-state index in [4.69, 9.17) is 16.3 Å². The van der Waals surface area contributed by atoms with Gasteiger partial charge in [0.1, 0.15) is 17.5 Å². The summed E-state index contributed by atoms with van der Waals surface area (Å²) in [4.78, 5) is 43.0. The lowest BCUT2D eigenvalue weighted by atomic mass is 9.73. The largest absolute Gasteiger partial charge is 0.359 e. The Morgan fingerprint density at radius 2 is 2.00 bits per heavy atom. The second kappa shape index (κ2) is 10.3. The number of carbonyl (C=O) groups excluding carboxylic acids is 3. The van der Waals surface area contributed by atoms with Gasteiger partial charge in [-0.25, -0.2) is 4.39 Å². The molecule has 8 atom stereocenters. The molecule has 3 amide bonds. The highest BCUT2D eigenvalue weighted by Crippen LogP contribution is 2.55. The van der Waals surface area contributed by atoms with Crippen LogP contribution < -0.4 is 10.6 Å². The average molecular weight is 546 g/mol. The molecule has 5 rings (SSSR count). The average Bonchev–Trinajstić information content (AvgIpc) is 3.50. The summed E-state index contributed by atoms with van der Waals surface area (Å²) in [7, 11) is 0. The minimum atomic E-state index is -1.20. The van der Waals surface area contributed by atoms with Crippen LogP contribution in [-0.2, 0) is 19.1 Å². The smallest absolute Gasteiger partial charge is 0.246 e. The Bertz CT molecular complexity index is 1160. The van der Waals surface area contributed by atoms with Crippen molar-refractivity contribution in [2.24, 2.45) is 29.6 Å². The Labute approximate surface area is 228 Å². The summed E-state index contributed by atoms with van der Waals surface area (Å²) in [6.07, 6.45) is 6.83. The molecule has 3 aliphatic heterocycles. The van der Waals surface area contributed by atoms with E-state index in [-0.39, 0.29) is 22.9 Å². The summed E-state index contributed by atoms with van der Waals surface area (Å²) in [6, 6.07) is 3.13. The molecule has 38 heavy (non-hydrogen) atoms. The first-order chi connectivity index (χ1) is 18.0. The summed E-state index contributed by atoms with van der Waals surface area (Å²) < 4.78 is 20.0. The summed E-state index contributed by atoms with van der Waals surface area (Å²) in [5, 5.41) is 5.94. The molecule has 0 unspecified atom stereocenters. The molecule has 0 aromatic heterocycles. The fourth-order valence-electron chi connectivity index (χ4n) is 6.75. The van der Waals surface area contributed by atoms with Crippen LogP contribution in [0.5, 0.6) is 0 Å². The third kappa shape index (κ3) is 4.53. The fourth-order valence-corrected chi connectivity index (χ4v) is 6.93. The van der Waals surface area contributed by atoms with Gasteiger partial charge in [0.2, 0.25) is 17.7 Å². The number of ether oxygens (including phenoxy) is 1. The first kappa shape index (κ1) is 27.1. The van der Waals surface area contributed by atoms with Gasteiger partial charge >= 0.3 is 0 Å². The maximum absolute atomic E-state index is 14.0. The third-order valence-corrected chi connectivity index (χ3v) is 9.38. The highest BCUT2D eigenvalue weighted by Gasteiger charge is 2.72. The first-order valence-electron chi connectivity index (χ1n) is 13.8. The second-order valence-electron chi connectivity index (χ2n) is 11.9. The van der Waals surface area contributed by atoms with E-state index in [2.05, 4.69) is 38.3 Å². The maximum atomic E-state index is 14.0. The minimum absolute atomic E-state index is 0.0358. The molecule has 9 heteroatoms. The number of likely N-dealkylation sites (tertiary alicyclic amines) is 1. The summed E-state index contributed by atoms with van der Waals surface area (Å²) in [5.74, 6) is -1.92. The quantitative estimate of drug-likeness (QED) is 0.492. The molecule has 2 N–H and O–H groups in total. The molecule has 3 fully saturated rings. The van der Waals surface area contributed by atoms with E-state index in [9.17, 15) is 18.8 Å². The van der Waals surface area contributed by atoms with Crippen LogP contribution in [0.3, 0.4) is 0 Å². The summed E-state index contributed by atoms with van der Waals surface area (Å²) in [6.45, 7) is 8.95. The Morgan fingerprint density at radius 1 is 1.24 bits per heavy atom. The van der Waals surface area contributed by atoms with Gasteiger partial charge in [-0.2, -0.15) is 0 Å². The lowest BCUT2D eigenvalue weighted by Gasteiger charge is -2.38. The Balaban J connectivity index is 1.43. The van der Waals surface area contributed by atoms with E-state index in [0.29, 0.717) is 30.0 Å². The predicted octanol–water partition coefficient (Wildman–Crippen LogP) is 4.56. The van der Waals surface area contributed by atoms with Crippen molar-refractivity contribution in [2.75, 3.05) is 11.9 Å². The van der Waals surface area contributed by atoms with Crippen molar-refractivity contribution in [3.63, 3.8) is 0 Å². The van der Waals surface area contributed by atoms with Crippen LogP contribution >= 0.6 is 11.6 Å². The van der Waals surface area contributed by atoms with Gasteiger partial charge in [0.25, 0.3) is 0 Å². The Morgan fingerprint density at radius 3 is 2.71 bits per heavy atom. The molecule has 1 saturated carbocycles. The third-order valence-electron chi connectivity index (χ3n) is 9.09. The van der Waals surface area contributed by atoms with E-state index in [1.165, 1.54) is 18.2 Å². The van der Waals surface area contributed by atoms with Crippen LogP contribution in [0.1, 0.15) is 53.4 Å². The highest BCUT2D eigenvalue weighted by atomic mass is 35.5. The van der Waals surface area contributed by atoms with Crippen molar-refractivity contribution < 1.29 is 23.5 Å². The number of nitrogens with one attached hydrogen (secondary N) is 2. The zero-order valence-corrected chi connectivity index (χ0v) is 23.1. The SMILES string of the molecule is CC(C)CCN1C(=O)[C@H]2[C@H](C(=O)Nc3ccc(F)c(Cl)c3)[C@H]3C=C[C@@]2(O3)[C@@H]1C(=O)N[C@@H]1CCC[C@H](C)[C@@H]1C. The van der Waals surface area contributed by atoms with E-state index in [1.54, 1.807) is 11.0 Å². The van der Waals surface area contributed by atoms with Gasteiger partial charge in [-0.05, 0) is 48.8 Å². The van der Waals surface area contributed by atoms with Crippen molar-refractivity contribution in [1.29, 1.82) is 0 Å². The van der Waals surface area contributed by atoms with Crippen LogP contribution in [0.4, 0.5) is 10.1 Å². The van der Waals surface area contributed by atoms with Gasteiger partial charge in [0, 0.05) is 18.3 Å². The molecule has 0 radical (unpaired) electrons. The molecule has 1 spiro atoms. The molecule has 7 nitrogen and oxygen atoms in total. The molecule has 2 saturated heterocycles. The molecule has 3 heterocycles. The number of fused-ring (bicyclic) bond motifs is 1. The van der Waals surface area contributed by atoms with E-state index >= 15 is 0 Å². The second-order valence-corrected chi connectivity index (χ2v) is 12.3. The number of halogens is 2. The monoisotopic (exact) mass is 545 g/mol. The van der Waals surface area contributed by atoms with E-state index in [1.807, 2.05) is 6.08 Å². The number of rotatable bonds is 7. The number of anilines is 1. The molecule has 4 aliphatic rings. The van der Waals surface area contributed by atoms with Crippen molar-refractivity contribution in [2.45, 2.75) is 77.2 Å². The van der Waals surface area contributed by atoms with Gasteiger partial charge in [-0.15, -0.1) is 0 Å². The lowest BCUT2D eigenvalue weighted by Crippen LogP contribution is -2.58. The van der Waals surface area contributed by atoms with E-state index < -0.39 is 41.3 Å². The normalized spacial score (nSPS) is 35.6. The van der Waals surface area contributed by atoms with Crippen molar-refractivity contribution in [3.05, 3.63) is 41.2 Å². The molecular formula is C29H37ClFN3O4. The predicted molar refractivity (Wildman–Crippen MR) is 143 cm³/mol. The number of carbonyl (C=O) groups is 3. The summed E-state index contributed by atoms with van der Waals surface area (Å²) in [5.41, 5.74) is -0.867. The molecular weight excluding hydrogens is 509 g/mol. The van der Waals surface area contributed by atoms with Gasteiger partial charge in [0.15, 0.2) is 0 Å². The van der Waals surface area contributed by atoms with Crippen LogP contribution in [0.2, 0.25) is 5.02 Å². The number of nitrogens with zero attached hydrogens (tertiary/aromatic N) is 1. The zero-order valence-electron chi connectivity index (χ0n) is 22.4. The Kier molecular flexibility index (Phi) is 7.33. The van der Waals surface area contributed by atoms with Crippen molar-refractivity contribution in [1.82, 2.24) is 10.2 Å². The first-order valence-corrected chi connectivity index (χ1v) is 14.1. The lowest BCUT2D eigenvalue weighted by molar-refractivity contribution is -0.141. The highest BCUT2D eigenvalue weighted by molar-refractivity contribution is 6.31. The van der Waals surface area contributed by atoms with Crippen molar-refractivity contribution >= 4 is 35.0 Å². The van der Waals surface area contributed by atoms with Crippen LogP contribution in [0.15, 0.2) is 30.4 Å². The van der Waals surface area contributed by atoms with Gasteiger partial charge in [0.05, 0.1) is 23.0 Å². The fraction of sp³-hybridized carbons (Fsp3) is 0.621. The molecule has 206 valence electrons. The summed E-state index contributed by atoms with van der Waals surface area (Å²) >= 11 is 5.90. The van der Waals surface area contributed by atoms with Gasteiger partial charge < -0.3 is 20.3 Å². The van der Waals surface area contributed by atoms with E-state index in [0.717, 1.165) is 25.7 Å². The number of hydrogen-bond donors (Lipinski definition) is 2. The van der Waals surface area contributed by atoms with Crippen LogP contribution in [-0.4, -0.2) is 53.0 Å². The van der Waals surface area contributed by atoms with Crippen LogP contribution in [0.25, 0.3) is 0 Å².